The molecular weight excluding hydrogens is 242 g/mol. The molecule has 0 amide bonds. The van der Waals surface area contributed by atoms with Gasteiger partial charge in [0.2, 0.25) is 0 Å². The number of hydrogen-bond donors (Lipinski definition) is 1. The van der Waals surface area contributed by atoms with E-state index >= 15 is 0 Å². The van der Waals surface area contributed by atoms with Gasteiger partial charge in [-0.25, -0.2) is 4.98 Å². The Kier molecular flexibility index (Phi) is 4.52. The standard InChI is InChI=1S/C14H19N3O2/c1-17-12-7-4-3-6-11(12)16-13(17)10-15-9-5-8-14(18)19-2/h3-4,6-7,15H,5,8-10H2,1-2H3. The highest BCUT2D eigenvalue weighted by atomic mass is 16.5. The van der Waals surface area contributed by atoms with Crippen LogP contribution in [0.3, 0.4) is 0 Å². The molecule has 0 unspecified atom stereocenters. The Hall–Kier alpha value is -1.88. The van der Waals surface area contributed by atoms with E-state index in [1.807, 2.05) is 25.2 Å². The quantitative estimate of drug-likeness (QED) is 0.634. The van der Waals surface area contributed by atoms with Crippen LogP contribution in [0.25, 0.3) is 11.0 Å². The van der Waals surface area contributed by atoms with Crippen molar-refractivity contribution in [2.45, 2.75) is 19.4 Å². The van der Waals surface area contributed by atoms with Crippen molar-refractivity contribution in [1.29, 1.82) is 0 Å². The lowest BCUT2D eigenvalue weighted by Gasteiger charge is -2.04. The summed E-state index contributed by atoms with van der Waals surface area (Å²) in [6.07, 6.45) is 1.22. The molecule has 102 valence electrons. The number of methoxy groups -OCH3 is 1. The third-order valence-corrected chi connectivity index (χ3v) is 3.13. The van der Waals surface area contributed by atoms with Crippen molar-refractivity contribution < 1.29 is 9.53 Å². The van der Waals surface area contributed by atoms with Crippen molar-refractivity contribution in [2.24, 2.45) is 7.05 Å². The SMILES string of the molecule is COC(=O)CCCNCc1nc2ccccc2n1C. The Balaban J connectivity index is 1.85. The topological polar surface area (TPSA) is 56.1 Å². The number of aryl methyl sites for hydroxylation is 1. The second-order valence-corrected chi connectivity index (χ2v) is 4.43. The summed E-state index contributed by atoms with van der Waals surface area (Å²) in [7, 11) is 3.43. The van der Waals surface area contributed by atoms with Crippen LogP contribution in [0.1, 0.15) is 18.7 Å². The number of esters is 1. The van der Waals surface area contributed by atoms with Gasteiger partial charge in [-0.05, 0) is 25.1 Å². The number of carbonyl (C=O) groups is 1. The van der Waals surface area contributed by atoms with Gasteiger partial charge in [0.25, 0.3) is 0 Å². The first kappa shape index (κ1) is 13.5. The largest absolute Gasteiger partial charge is 0.469 e. The lowest BCUT2D eigenvalue weighted by molar-refractivity contribution is -0.140. The number of benzene rings is 1. The second kappa shape index (κ2) is 6.33. The number of nitrogens with one attached hydrogen (secondary N) is 1. The van der Waals surface area contributed by atoms with E-state index in [-0.39, 0.29) is 5.97 Å². The van der Waals surface area contributed by atoms with Crippen LogP contribution in [0.15, 0.2) is 24.3 Å². The summed E-state index contributed by atoms with van der Waals surface area (Å²) in [5.74, 6) is 0.837. The van der Waals surface area contributed by atoms with E-state index in [4.69, 9.17) is 0 Å². The van der Waals surface area contributed by atoms with Crippen LogP contribution < -0.4 is 5.32 Å². The van der Waals surface area contributed by atoms with Crippen LogP contribution in [0.2, 0.25) is 0 Å². The molecule has 19 heavy (non-hydrogen) atoms. The van der Waals surface area contributed by atoms with Crippen LogP contribution in [0, 0.1) is 0 Å². The molecular formula is C14H19N3O2. The summed E-state index contributed by atoms with van der Waals surface area (Å²) in [4.78, 5) is 15.5. The van der Waals surface area contributed by atoms with Gasteiger partial charge >= 0.3 is 5.97 Å². The average molecular weight is 261 g/mol. The Morgan fingerprint density at radius 1 is 1.42 bits per heavy atom. The van der Waals surface area contributed by atoms with Gasteiger partial charge in [-0.15, -0.1) is 0 Å². The summed E-state index contributed by atoms with van der Waals surface area (Å²) < 4.78 is 6.68. The second-order valence-electron chi connectivity index (χ2n) is 4.43. The molecule has 2 rings (SSSR count). The monoisotopic (exact) mass is 261 g/mol. The number of para-hydroxylation sites is 2. The molecule has 0 aliphatic rings. The van der Waals surface area contributed by atoms with Gasteiger partial charge < -0.3 is 14.6 Å². The van der Waals surface area contributed by atoms with E-state index in [1.165, 1.54) is 7.11 Å². The summed E-state index contributed by atoms with van der Waals surface area (Å²) in [6.45, 7) is 1.48. The van der Waals surface area contributed by atoms with E-state index in [0.29, 0.717) is 13.0 Å². The van der Waals surface area contributed by atoms with Gasteiger partial charge in [-0.3, -0.25) is 4.79 Å². The first-order valence-corrected chi connectivity index (χ1v) is 6.40. The Bertz CT molecular complexity index is 563. The maximum absolute atomic E-state index is 11.0. The van der Waals surface area contributed by atoms with Crippen molar-refractivity contribution in [3.63, 3.8) is 0 Å². The van der Waals surface area contributed by atoms with Crippen molar-refractivity contribution in [1.82, 2.24) is 14.9 Å². The molecule has 5 nitrogen and oxygen atoms in total. The molecule has 0 bridgehead atoms. The Morgan fingerprint density at radius 3 is 2.95 bits per heavy atom. The Labute approximate surface area is 112 Å². The predicted molar refractivity (Wildman–Crippen MR) is 73.7 cm³/mol. The molecule has 0 saturated carbocycles. The zero-order chi connectivity index (χ0) is 13.7. The summed E-state index contributed by atoms with van der Waals surface area (Å²) in [5, 5.41) is 3.29. The average Bonchev–Trinajstić information content (AvgIpc) is 2.75. The third-order valence-electron chi connectivity index (χ3n) is 3.13. The number of carbonyl (C=O) groups excluding carboxylic acids is 1. The maximum Gasteiger partial charge on any atom is 0.305 e. The highest BCUT2D eigenvalue weighted by Crippen LogP contribution is 2.13. The fraction of sp³-hybridized carbons (Fsp3) is 0.429. The van der Waals surface area contributed by atoms with Gasteiger partial charge in [0, 0.05) is 13.5 Å². The number of fused-ring (bicyclic) bond motifs is 1. The van der Waals surface area contributed by atoms with Gasteiger partial charge in [-0.2, -0.15) is 0 Å². The first-order chi connectivity index (χ1) is 9.22. The molecule has 0 aliphatic heterocycles. The van der Waals surface area contributed by atoms with Gasteiger partial charge in [-0.1, -0.05) is 12.1 Å². The fourth-order valence-electron chi connectivity index (χ4n) is 2.01. The summed E-state index contributed by atoms with van der Waals surface area (Å²) in [6, 6.07) is 8.07. The van der Waals surface area contributed by atoms with E-state index in [1.54, 1.807) is 0 Å². The lowest BCUT2D eigenvalue weighted by Crippen LogP contribution is -2.18. The molecule has 0 atom stereocenters. The third kappa shape index (κ3) is 3.32. The molecule has 0 saturated heterocycles. The number of aromatic nitrogens is 2. The van der Waals surface area contributed by atoms with Gasteiger partial charge in [0.15, 0.2) is 0 Å². The molecule has 1 heterocycles. The zero-order valence-electron chi connectivity index (χ0n) is 11.3. The number of imidazole rings is 1. The van der Waals surface area contributed by atoms with Crippen molar-refractivity contribution in [3.05, 3.63) is 30.1 Å². The Morgan fingerprint density at radius 2 is 2.21 bits per heavy atom. The maximum atomic E-state index is 11.0. The van der Waals surface area contributed by atoms with E-state index in [9.17, 15) is 4.79 Å². The minimum absolute atomic E-state index is 0.162. The number of ether oxygens (including phenoxy) is 1. The molecule has 5 heteroatoms. The van der Waals surface area contributed by atoms with Gasteiger partial charge in [0.1, 0.15) is 5.82 Å². The van der Waals surface area contributed by atoms with Crippen LogP contribution in [0.5, 0.6) is 0 Å². The van der Waals surface area contributed by atoms with Crippen LogP contribution in [-0.2, 0) is 23.1 Å². The van der Waals surface area contributed by atoms with E-state index < -0.39 is 0 Å². The van der Waals surface area contributed by atoms with Crippen LogP contribution in [-0.4, -0.2) is 29.2 Å². The lowest BCUT2D eigenvalue weighted by atomic mass is 10.3. The first-order valence-electron chi connectivity index (χ1n) is 6.40. The van der Waals surface area contributed by atoms with E-state index in [0.717, 1.165) is 29.8 Å². The molecule has 1 aromatic heterocycles. The molecule has 0 radical (unpaired) electrons. The van der Waals surface area contributed by atoms with Crippen molar-refractivity contribution in [2.75, 3.05) is 13.7 Å². The minimum Gasteiger partial charge on any atom is -0.469 e. The van der Waals surface area contributed by atoms with Crippen molar-refractivity contribution >= 4 is 17.0 Å². The number of rotatable bonds is 6. The smallest absolute Gasteiger partial charge is 0.305 e. The van der Waals surface area contributed by atoms with E-state index in [2.05, 4.69) is 25.7 Å². The highest BCUT2D eigenvalue weighted by Gasteiger charge is 2.06. The van der Waals surface area contributed by atoms with Gasteiger partial charge in [0.05, 0.1) is 24.7 Å². The molecule has 0 spiro atoms. The zero-order valence-corrected chi connectivity index (χ0v) is 11.3. The summed E-state index contributed by atoms with van der Waals surface area (Å²) >= 11 is 0. The highest BCUT2D eigenvalue weighted by molar-refractivity contribution is 5.75. The molecule has 2 aromatic rings. The minimum atomic E-state index is -0.162. The molecule has 0 aliphatic carbocycles. The number of hydrogen-bond acceptors (Lipinski definition) is 4. The fourth-order valence-corrected chi connectivity index (χ4v) is 2.01. The van der Waals surface area contributed by atoms with Crippen molar-refractivity contribution in [3.8, 4) is 0 Å². The molecule has 1 N–H and O–H groups in total. The number of nitrogens with zero attached hydrogens (tertiary/aromatic N) is 2. The molecule has 0 fully saturated rings. The predicted octanol–water partition coefficient (Wildman–Crippen LogP) is 1.62. The van der Waals surface area contributed by atoms with Crippen LogP contribution in [0.4, 0.5) is 0 Å². The molecule has 1 aromatic carbocycles. The van der Waals surface area contributed by atoms with Crippen LogP contribution >= 0.6 is 0 Å². The normalized spacial score (nSPS) is 10.8. The summed E-state index contributed by atoms with van der Waals surface area (Å²) in [5.41, 5.74) is 2.14.